The summed E-state index contributed by atoms with van der Waals surface area (Å²) < 4.78 is 0. The molecule has 94 valence electrons. The van der Waals surface area contributed by atoms with Crippen LogP contribution in [-0.4, -0.2) is 17.9 Å². The highest BCUT2D eigenvalue weighted by atomic mass is 32.2. The standard InChI is InChI=1S/C15H17NOS/c1-18-14-9-7-13(8-10-14)16-11-15(17)12-5-3-2-4-6-12/h2-10,15-17H,11H2,1H3. The molecule has 1 unspecified atom stereocenters. The van der Waals surface area contributed by atoms with E-state index in [-0.39, 0.29) is 0 Å². The maximum absolute atomic E-state index is 10.0. The number of hydrogen-bond acceptors (Lipinski definition) is 3. The van der Waals surface area contributed by atoms with Crippen molar-refractivity contribution >= 4 is 17.4 Å². The van der Waals surface area contributed by atoms with Gasteiger partial charge < -0.3 is 10.4 Å². The number of aliphatic hydroxyl groups is 1. The first-order chi connectivity index (χ1) is 8.79. The fourth-order valence-electron chi connectivity index (χ4n) is 1.72. The molecule has 18 heavy (non-hydrogen) atoms. The third-order valence-electron chi connectivity index (χ3n) is 2.77. The van der Waals surface area contributed by atoms with Crippen LogP contribution in [-0.2, 0) is 0 Å². The van der Waals surface area contributed by atoms with Crippen molar-refractivity contribution in [3.63, 3.8) is 0 Å². The van der Waals surface area contributed by atoms with Crippen molar-refractivity contribution in [2.45, 2.75) is 11.0 Å². The van der Waals surface area contributed by atoms with Gasteiger partial charge in [0.05, 0.1) is 6.10 Å². The molecule has 0 amide bonds. The van der Waals surface area contributed by atoms with Crippen LogP contribution < -0.4 is 5.32 Å². The molecule has 0 radical (unpaired) electrons. The van der Waals surface area contributed by atoms with Gasteiger partial charge in [0.25, 0.3) is 0 Å². The molecule has 0 aromatic heterocycles. The molecule has 2 aromatic carbocycles. The lowest BCUT2D eigenvalue weighted by molar-refractivity contribution is 0.191. The summed E-state index contributed by atoms with van der Waals surface area (Å²) >= 11 is 1.72. The summed E-state index contributed by atoms with van der Waals surface area (Å²) in [5, 5.41) is 13.3. The smallest absolute Gasteiger partial charge is 0.0962 e. The van der Waals surface area contributed by atoms with Crippen molar-refractivity contribution < 1.29 is 5.11 Å². The van der Waals surface area contributed by atoms with Crippen LogP contribution in [0.1, 0.15) is 11.7 Å². The highest BCUT2D eigenvalue weighted by molar-refractivity contribution is 7.98. The third-order valence-corrected chi connectivity index (χ3v) is 3.52. The molecule has 0 saturated heterocycles. The highest BCUT2D eigenvalue weighted by Gasteiger charge is 2.05. The number of aliphatic hydroxyl groups excluding tert-OH is 1. The first-order valence-corrected chi connectivity index (χ1v) is 7.13. The SMILES string of the molecule is CSc1ccc(NCC(O)c2ccccc2)cc1. The molecule has 0 spiro atoms. The normalized spacial score (nSPS) is 12.1. The maximum atomic E-state index is 10.0. The molecule has 0 aliphatic rings. The summed E-state index contributed by atoms with van der Waals surface area (Å²) in [5.74, 6) is 0. The lowest BCUT2D eigenvalue weighted by Crippen LogP contribution is -2.11. The van der Waals surface area contributed by atoms with Gasteiger partial charge in [0.1, 0.15) is 0 Å². The van der Waals surface area contributed by atoms with Crippen LogP contribution in [0, 0.1) is 0 Å². The minimum absolute atomic E-state index is 0.480. The Hall–Kier alpha value is -1.45. The number of nitrogens with one attached hydrogen (secondary N) is 1. The van der Waals surface area contributed by atoms with Crippen LogP contribution in [0.5, 0.6) is 0 Å². The molecule has 2 N–H and O–H groups in total. The van der Waals surface area contributed by atoms with Crippen molar-refractivity contribution in [2.75, 3.05) is 18.1 Å². The van der Waals surface area contributed by atoms with E-state index < -0.39 is 6.10 Å². The van der Waals surface area contributed by atoms with E-state index in [1.165, 1.54) is 4.90 Å². The zero-order valence-electron chi connectivity index (χ0n) is 10.3. The third kappa shape index (κ3) is 3.52. The molecular weight excluding hydrogens is 242 g/mol. The Labute approximate surface area is 112 Å². The molecule has 0 aliphatic heterocycles. The Morgan fingerprint density at radius 1 is 1.06 bits per heavy atom. The minimum Gasteiger partial charge on any atom is -0.387 e. The molecule has 0 saturated carbocycles. The van der Waals surface area contributed by atoms with Crippen LogP contribution in [0.2, 0.25) is 0 Å². The van der Waals surface area contributed by atoms with Gasteiger partial charge in [-0.15, -0.1) is 11.8 Å². The minimum atomic E-state index is -0.480. The second kappa shape index (κ2) is 6.47. The zero-order chi connectivity index (χ0) is 12.8. The summed E-state index contributed by atoms with van der Waals surface area (Å²) in [7, 11) is 0. The van der Waals surface area contributed by atoms with Crippen molar-refractivity contribution in [1.29, 1.82) is 0 Å². The van der Waals surface area contributed by atoms with E-state index in [1.807, 2.05) is 42.5 Å². The number of rotatable bonds is 5. The average molecular weight is 259 g/mol. The number of thioether (sulfide) groups is 1. The number of benzene rings is 2. The Balaban J connectivity index is 1.91. The van der Waals surface area contributed by atoms with Gasteiger partial charge in [-0.05, 0) is 36.1 Å². The maximum Gasteiger partial charge on any atom is 0.0962 e. The largest absolute Gasteiger partial charge is 0.387 e. The van der Waals surface area contributed by atoms with Gasteiger partial charge in [-0.2, -0.15) is 0 Å². The monoisotopic (exact) mass is 259 g/mol. The van der Waals surface area contributed by atoms with E-state index in [0.29, 0.717) is 6.54 Å². The van der Waals surface area contributed by atoms with Crippen LogP contribution >= 0.6 is 11.8 Å². The predicted octanol–water partition coefficient (Wildman–Crippen LogP) is 3.55. The first-order valence-electron chi connectivity index (χ1n) is 5.90. The molecule has 1 atom stereocenters. The van der Waals surface area contributed by atoms with Crippen molar-refractivity contribution in [3.05, 3.63) is 60.2 Å². The van der Waals surface area contributed by atoms with Crippen molar-refractivity contribution in [3.8, 4) is 0 Å². The van der Waals surface area contributed by atoms with Gasteiger partial charge in [0, 0.05) is 17.1 Å². The van der Waals surface area contributed by atoms with Gasteiger partial charge >= 0.3 is 0 Å². The van der Waals surface area contributed by atoms with Gasteiger partial charge in [-0.3, -0.25) is 0 Å². The fraction of sp³-hybridized carbons (Fsp3) is 0.200. The van der Waals surface area contributed by atoms with E-state index in [1.54, 1.807) is 11.8 Å². The lowest BCUT2D eigenvalue weighted by Gasteiger charge is -2.13. The molecule has 0 bridgehead atoms. The van der Waals surface area contributed by atoms with E-state index >= 15 is 0 Å². The molecule has 2 rings (SSSR count). The molecule has 2 aromatic rings. The number of anilines is 1. The second-order valence-corrected chi connectivity index (χ2v) is 4.92. The van der Waals surface area contributed by atoms with Gasteiger partial charge in [-0.25, -0.2) is 0 Å². The zero-order valence-corrected chi connectivity index (χ0v) is 11.2. The van der Waals surface area contributed by atoms with Crippen LogP contribution in [0.15, 0.2) is 59.5 Å². The van der Waals surface area contributed by atoms with Gasteiger partial charge in [0.15, 0.2) is 0 Å². The Bertz CT molecular complexity index is 470. The first kappa shape index (κ1) is 13.0. The van der Waals surface area contributed by atoms with E-state index in [4.69, 9.17) is 0 Å². The van der Waals surface area contributed by atoms with Crippen LogP contribution in [0.4, 0.5) is 5.69 Å². The summed E-state index contributed by atoms with van der Waals surface area (Å²) in [6.07, 6.45) is 1.58. The Morgan fingerprint density at radius 3 is 2.33 bits per heavy atom. The predicted molar refractivity (Wildman–Crippen MR) is 78.1 cm³/mol. The molecule has 3 heteroatoms. The fourth-order valence-corrected chi connectivity index (χ4v) is 2.12. The van der Waals surface area contributed by atoms with Gasteiger partial charge in [-0.1, -0.05) is 30.3 Å². The second-order valence-electron chi connectivity index (χ2n) is 4.04. The molecule has 0 fully saturated rings. The lowest BCUT2D eigenvalue weighted by atomic mass is 10.1. The Morgan fingerprint density at radius 2 is 1.72 bits per heavy atom. The molecule has 2 nitrogen and oxygen atoms in total. The van der Waals surface area contributed by atoms with Gasteiger partial charge in [0.2, 0.25) is 0 Å². The average Bonchev–Trinajstić information content (AvgIpc) is 2.46. The number of hydrogen-bond donors (Lipinski definition) is 2. The van der Waals surface area contributed by atoms with E-state index in [2.05, 4.69) is 23.7 Å². The summed E-state index contributed by atoms with van der Waals surface area (Å²) in [5.41, 5.74) is 1.97. The molecule has 0 aliphatic carbocycles. The van der Waals surface area contributed by atoms with E-state index in [0.717, 1.165) is 11.3 Å². The quantitative estimate of drug-likeness (QED) is 0.805. The highest BCUT2D eigenvalue weighted by Crippen LogP contribution is 2.18. The van der Waals surface area contributed by atoms with Crippen molar-refractivity contribution in [2.24, 2.45) is 0 Å². The summed E-state index contributed by atoms with van der Waals surface area (Å²) in [6, 6.07) is 17.9. The van der Waals surface area contributed by atoms with E-state index in [9.17, 15) is 5.11 Å². The van der Waals surface area contributed by atoms with Crippen LogP contribution in [0.25, 0.3) is 0 Å². The topological polar surface area (TPSA) is 32.3 Å². The molecular formula is C15H17NOS. The summed E-state index contributed by atoms with van der Waals surface area (Å²) in [6.45, 7) is 0.516. The Kier molecular flexibility index (Phi) is 4.67. The summed E-state index contributed by atoms with van der Waals surface area (Å²) in [4.78, 5) is 1.24. The van der Waals surface area contributed by atoms with Crippen LogP contribution in [0.3, 0.4) is 0 Å². The van der Waals surface area contributed by atoms with Crippen molar-refractivity contribution in [1.82, 2.24) is 0 Å². The molecule has 0 heterocycles.